The van der Waals surface area contributed by atoms with Gasteiger partial charge in [-0.15, -0.1) is 6.42 Å². The highest BCUT2D eigenvalue weighted by Crippen LogP contribution is 2.00. The van der Waals surface area contributed by atoms with Crippen LogP contribution in [0.4, 0.5) is 4.39 Å². The van der Waals surface area contributed by atoms with E-state index in [4.69, 9.17) is 0 Å². The normalized spacial score (nSPS) is 18.3. The molecule has 0 rings (SSSR count). The molecule has 33 valence electrons. The summed E-state index contributed by atoms with van der Waals surface area (Å²) < 4.78 is 11.3. The minimum atomic E-state index is -2.68. The quantitative estimate of drug-likeness (QED) is 0.388. The summed E-state index contributed by atoms with van der Waals surface area (Å²) in [6, 6.07) is 0. The van der Waals surface area contributed by atoms with Crippen molar-refractivity contribution in [3.05, 3.63) is 0 Å². The Morgan fingerprint density at radius 1 is 2.00 bits per heavy atom. The maximum atomic E-state index is 11.3. The highest BCUT2D eigenvalue weighted by molar-refractivity contribution is 4.96. The molecule has 0 fully saturated rings. The lowest BCUT2D eigenvalue weighted by molar-refractivity contribution is -0.0731. The van der Waals surface area contributed by atoms with Crippen molar-refractivity contribution < 1.29 is 9.50 Å². The molecule has 0 aromatic rings. The van der Waals surface area contributed by atoms with Crippen LogP contribution in [-0.4, -0.2) is 5.85 Å². The van der Waals surface area contributed by atoms with Crippen LogP contribution in [0.2, 0.25) is 0 Å². The first-order valence-corrected chi connectivity index (χ1v) is 1.43. The fourth-order valence-electron chi connectivity index (χ4n) is 0. The van der Waals surface area contributed by atoms with Gasteiger partial charge >= 0.3 is 0 Å². The Morgan fingerprint density at radius 2 is 2.17 bits per heavy atom. The third kappa shape index (κ3) is 3.45. The van der Waals surface area contributed by atoms with Crippen LogP contribution in [0.25, 0.3) is 0 Å². The molecule has 0 aliphatic rings. The summed E-state index contributed by atoms with van der Waals surface area (Å²) in [5.74, 6) is -1.30. The molecule has 0 amide bonds. The summed E-state index contributed by atoms with van der Waals surface area (Å²) >= 11 is 0. The van der Waals surface area contributed by atoms with Crippen LogP contribution in [0.15, 0.2) is 0 Å². The van der Waals surface area contributed by atoms with Crippen molar-refractivity contribution in [1.82, 2.24) is 0 Å². The van der Waals surface area contributed by atoms with Crippen molar-refractivity contribution in [2.45, 2.75) is 12.8 Å². The van der Waals surface area contributed by atoms with Crippen LogP contribution in [0.3, 0.4) is 0 Å². The number of terminal acetylenes is 1. The monoisotopic (exact) mass is 87.0 g/mol. The van der Waals surface area contributed by atoms with Crippen molar-refractivity contribution in [3.63, 3.8) is 0 Å². The van der Waals surface area contributed by atoms with Gasteiger partial charge in [-0.1, -0.05) is 0 Å². The van der Waals surface area contributed by atoms with E-state index in [0.29, 0.717) is 0 Å². The Balaban J connectivity index is 3.55. The van der Waals surface area contributed by atoms with Gasteiger partial charge in [-0.3, -0.25) is 0 Å². The Bertz CT molecular complexity index is 74.5. The highest BCUT2D eigenvalue weighted by Gasteiger charge is 2.13. The maximum Gasteiger partial charge on any atom is 0.298 e. The largest absolute Gasteiger partial charge is 0.298 e. The smallest absolute Gasteiger partial charge is 0.195 e. The molecule has 1 unspecified atom stereocenters. The molecule has 0 N–H and O–H groups in total. The van der Waals surface area contributed by atoms with Gasteiger partial charge in [0.2, 0.25) is 0 Å². The lowest BCUT2D eigenvalue weighted by atomic mass is 10.4. The number of hydrogen-bond donors (Lipinski definition) is 0. The SMILES string of the molecule is C#CC(C)([O])F. The van der Waals surface area contributed by atoms with Crippen LogP contribution < -0.4 is 0 Å². The standard InChI is InChI=1S/C4H4FO/c1-3-4(2,5)6/h1H,2H3. The molecular formula is C4H4FO. The van der Waals surface area contributed by atoms with E-state index >= 15 is 0 Å². The number of rotatable bonds is 0. The summed E-state index contributed by atoms with van der Waals surface area (Å²) in [7, 11) is 0. The average Bonchev–Trinajstić information content (AvgIpc) is 1.35. The first kappa shape index (κ1) is 5.45. The van der Waals surface area contributed by atoms with Crippen LogP contribution in [0.5, 0.6) is 0 Å². The molecule has 1 atom stereocenters. The fraction of sp³-hybridized carbons (Fsp3) is 0.500. The summed E-state index contributed by atoms with van der Waals surface area (Å²) in [5, 5.41) is 9.57. The van der Waals surface area contributed by atoms with Crippen molar-refractivity contribution in [2.75, 3.05) is 0 Å². The Hall–Kier alpha value is -0.550. The summed E-state index contributed by atoms with van der Waals surface area (Å²) in [5.41, 5.74) is 0. The van der Waals surface area contributed by atoms with Crippen LogP contribution in [0.1, 0.15) is 6.92 Å². The van der Waals surface area contributed by atoms with E-state index in [1.165, 1.54) is 5.92 Å². The van der Waals surface area contributed by atoms with Crippen LogP contribution in [0, 0.1) is 12.3 Å². The summed E-state index contributed by atoms with van der Waals surface area (Å²) in [6.45, 7) is 0.785. The van der Waals surface area contributed by atoms with Gasteiger partial charge in [0.25, 0.3) is 5.85 Å². The zero-order chi connectivity index (χ0) is 5.21. The lowest BCUT2D eigenvalue weighted by Crippen LogP contribution is -2.08. The third-order valence-corrected chi connectivity index (χ3v) is 0.258. The zero-order valence-corrected chi connectivity index (χ0v) is 3.36. The molecule has 0 bridgehead atoms. The van der Waals surface area contributed by atoms with Crippen molar-refractivity contribution in [1.29, 1.82) is 0 Å². The molecule has 0 spiro atoms. The van der Waals surface area contributed by atoms with Gasteiger partial charge in [0.15, 0.2) is 0 Å². The predicted octanol–water partition coefficient (Wildman–Crippen LogP) is 0.736. The van der Waals surface area contributed by atoms with Gasteiger partial charge in [-0.05, 0) is 5.92 Å². The molecule has 1 nitrogen and oxygen atoms in total. The summed E-state index contributed by atoms with van der Waals surface area (Å²) in [4.78, 5) is 0. The Kier molecular flexibility index (Phi) is 1.16. The number of alkyl halides is 1. The molecule has 0 aromatic heterocycles. The van der Waals surface area contributed by atoms with E-state index in [9.17, 15) is 9.50 Å². The molecule has 0 saturated carbocycles. The molecule has 0 aliphatic heterocycles. The second kappa shape index (κ2) is 1.27. The third-order valence-electron chi connectivity index (χ3n) is 0.258. The molecular weight excluding hydrogens is 83.0 g/mol. The number of hydrogen-bond acceptors (Lipinski definition) is 0. The molecule has 0 heterocycles. The molecule has 0 aliphatic carbocycles. The van der Waals surface area contributed by atoms with E-state index in [0.717, 1.165) is 6.92 Å². The average molecular weight is 87.1 g/mol. The molecule has 0 saturated heterocycles. The van der Waals surface area contributed by atoms with Crippen molar-refractivity contribution in [2.24, 2.45) is 0 Å². The second-order valence-electron chi connectivity index (χ2n) is 1.06. The van der Waals surface area contributed by atoms with Gasteiger partial charge < -0.3 is 0 Å². The molecule has 0 aromatic carbocycles. The van der Waals surface area contributed by atoms with E-state index in [2.05, 4.69) is 6.42 Å². The first-order valence-electron chi connectivity index (χ1n) is 1.43. The van der Waals surface area contributed by atoms with E-state index in [1.54, 1.807) is 0 Å². The maximum absolute atomic E-state index is 11.3. The van der Waals surface area contributed by atoms with Gasteiger partial charge in [0.1, 0.15) is 0 Å². The molecule has 6 heavy (non-hydrogen) atoms. The Labute approximate surface area is 35.8 Å². The van der Waals surface area contributed by atoms with Gasteiger partial charge in [-0.2, -0.15) is 9.50 Å². The minimum Gasteiger partial charge on any atom is -0.195 e. The van der Waals surface area contributed by atoms with E-state index in [-0.39, 0.29) is 0 Å². The summed E-state index contributed by atoms with van der Waals surface area (Å²) in [6.07, 6.45) is 4.37. The second-order valence-corrected chi connectivity index (χ2v) is 1.06. The highest BCUT2D eigenvalue weighted by atomic mass is 19.2. The minimum absolute atomic E-state index is 0.785. The lowest BCUT2D eigenvalue weighted by Gasteiger charge is -1.94. The molecule has 1 radical (unpaired) electrons. The van der Waals surface area contributed by atoms with E-state index < -0.39 is 5.85 Å². The van der Waals surface area contributed by atoms with Crippen molar-refractivity contribution in [3.8, 4) is 12.3 Å². The van der Waals surface area contributed by atoms with Gasteiger partial charge in [0, 0.05) is 6.92 Å². The predicted molar refractivity (Wildman–Crippen MR) is 19.0 cm³/mol. The van der Waals surface area contributed by atoms with Crippen LogP contribution >= 0.6 is 0 Å². The number of halogens is 1. The first-order chi connectivity index (χ1) is 2.56. The zero-order valence-electron chi connectivity index (χ0n) is 3.36. The topological polar surface area (TPSA) is 19.9 Å². The van der Waals surface area contributed by atoms with Crippen LogP contribution in [-0.2, 0) is 5.11 Å². The van der Waals surface area contributed by atoms with Crippen molar-refractivity contribution >= 4 is 0 Å². The van der Waals surface area contributed by atoms with Gasteiger partial charge in [0.05, 0.1) is 0 Å². The Morgan fingerprint density at radius 3 is 2.17 bits per heavy atom. The molecule has 2 heteroatoms. The van der Waals surface area contributed by atoms with E-state index in [1.807, 2.05) is 0 Å². The fourth-order valence-corrected chi connectivity index (χ4v) is 0. The van der Waals surface area contributed by atoms with Gasteiger partial charge in [-0.25, -0.2) is 0 Å².